The molecule has 0 radical (unpaired) electrons. The standard InChI is InChI=1S/C26H21FN4O2S/c1-33-25(32)17-9-2-4-12-20(17)30-16-8-14-22(30)24-23(19-11-6-7-15-28-19)29-26(34)31(24)21-13-5-3-10-18(21)27/h2-16,23-24H,1H3,(H,29,34)/t23-,24+/m1/s1. The molecule has 34 heavy (non-hydrogen) atoms. The number of esters is 1. The zero-order chi connectivity index (χ0) is 23.7. The fourth-order valence-corrected chi connectivity index (χ4v) is 4.72. The van der Waals surface area contributed by atoms with Gasteiger partial charge in [0, 0.05) is 18.1 Å². The minimum Gasteiger partial charge on any atom is -0.465 e. The minimum atomic E-state index is -0.444. The van der Waals surface area contributed by atoms with E-state index in [9.17, 15) is 9.18 Å². The van der Waals surface area contributed by atoms with Crippen molar-refractivity contribution in [3.8, 4) is 5.69 Å². The van der Waals surface area contributed by atoms with E-state index in [0.29, 0.717) is 22.1 Å². The average Bonchev–Trinajstić information content (AvgIpc) is 3.48. The maximum absolute atomic E-state index is 15.0. The molecule has 2 atom stereocenters. The van der Waals surface area contributed by atoms with Crippen LogP contribution in [0.3, 0.4) is 0 Å². The number of methoxy groups -OCH3 is 1. The molecule has 3 heterocycles. The summed E-state index contributed by atoms with van der Waals surface area (Å²) in [5, 5.41) is 3.72. The summed E-state index contributed by atoms with van der Waals surface area (Å²) in [7, 11) is 1.35. The number of rotatable bonds is 5. The van der Waals surface area contributed by atoms with Crippen molar-refractivity contribution in [1.29, 1.82) is 0 Å². The van der Waals surface area contributed by atoms with Crippen LogP contribution in [0.5, 0.6) is 0 Å². The molecule has 6 nitrogen and oxygen atoms in total. The molecule has 1 fully saturated rings. The van der Waals surface area contributed by atoms with Gasteiger partial charge in [-0.15, -0.1) is 0 Å². The number of ether oxygens (including phenoxy) is 1. The minimum absolute atomic E-state index is 0.354. The molecule has 170 valence electrons. The number of benzene rings is 2. The lowest BCUT2D eigenvalue weighted by Gasteiger charge is -2.29. The average molecular weight is 473 g/mol. The number of para-hydroxylation sites is 2. The quantitative estimate of drug-likeness (QED) is 0.327. The maximum atomic E-state index is 15.0. The Bertz CT molecular complexity index is 1360. The third-order valence-corrected chi connectivity index (χ3v) is 6.18. The Morgan fingerprint density at radius 3 is 2.47 bits per heavy atom. The summed E-state index contributed by atoms with van der Waals surface area (Å²) in [5.41, 5.74) is 3.01. The van der Waals surface area contributed by atoms with Crippen molar-refractivity contribution in [2.75, 3.05) is 12.0 Å². The molecule has 1 saturated heterocycles. The van der Waals surface area contributed by atoms with Crippen molar-refractivity contribution in [1.82, 2.24) is 14.9 Å². The first kappa shape index (κ1) is 21.8. The fraction of sp³-hybridized carbons (Fsp3) is 0.115. The highest BCUT2D eigenvalue weighted by Crippen LogP contribution is 2.43. The second kappa shape index (κ2) is 9.07. The second-order valence-corrected chi connectivity index (χ2v) is 8.15. The molecular weight excluding hydrogens is 451 g/mol. The number of carbonyl (C=O) groups excluding carboxylic acids is 1. The van der Waals surface area contributed by atoms with Gasteiger partial charge in [-0.3, -0.25) is 4.98 Å². The number of hydrogen-bond donors (Lipinski definition) is 1. The first-order chi connectivity index (χ1) is 16.6. The molecule has 8 heteroatoms. The van der Waals surface area contributed by atoms with E-state index in [1.807, 2.05) is 53.2 Å². The van der Waals surface area contributed by atoms with Crippen LogP contribution in [0.4, 0.5) is 10.1 Å². The fourth-order valence-electron chi connectivity index (χ4n) is 4.38. The molecule has 5 rings (SSSR count). The van der Waals surface area contributed by atoms with Gasteiger partial charge in [0.25, 0.3) is 0 Å². The summed E-state index contributed by atoms with van der Waals surface area (Å²) in [6.45, 7) is 0. The van der Waals surface area contributed by atoms with E-state index in [0.717, 1.165) is 11.4 Å². The van der Waals surface area contributed by atoms with Crippen LogP contribution in [-0.2, 0) is 4.74 Å². The van der Waals surface area contributed by atoms with Gasteiger partial charge < -0.3 is 19.5 Å². The molecule has 1 aliphatic rings. The topological polar surface area (TPSA) is 59.4 Å². The molecule has 1 aliphatic heterocycles. The zero-order valence-corrected chi connectivity index (χ0v) is 19.1. The van der Waals surface area contributed by atoms with Gasteiger partial charge in [-0.2, -0.15) is 0 Å². The molecule has 1 N–H and O–H groups in total. The zero-order valence-electron chi connectivity index (χ0n) is 18.3. The van der Waals surface area contributed by atoms with E-state index in [-0.39, 0.29) is 11.9 Å². The molecule has 0 bridgehead atoms. The van der Waals surface area contributed by atoms with Crippen LogP contribution in [0.25, 0.3) is 5.69 Å². The SMILES string of the molecule is COC(=O)c1ccccc1-n1cccc1[C@H]1[C@@H](c2ccccn2)NC(=S)N1c1ccccc1F. The summed E-state index contributed by atoms with van der Waals surface area (Å²) >= 11 is 5.69. The van der Waals surface area contributed by atoms with Gasteiger partial charge in [-0.05, 0) is 60.7 Å². The molecule has 0 unspecified atom stereocenters. The number of thiocarbonyl (C=S) groups is 1. The Morgan fingerprint density at radius 1 is 1.00 bits per heavy atom. The molecule has 0 amide bonds. The Morgan fingerprint density at radius 2 is 1.74 bits per heavy atom. The van der Waals surface area contributed by atoms with Crippen LogP contribution in [0, 0.1) is 5.82 Å². The van der Waals surface area contributed by atoms with Crippen LogP contribution in [0.15, 0.2) is 91.3 Å². The van der Waals surface area contributed by atoms with Gasteiger partial charge in [0.05, 0.1) is 35.8 Å². The van der Waals surface area contributed by atoms with Gasteiger partial charge >= 0.3 is 5.97 Å². The first-order valence-electron chi connectivity index (χ1n) is 10.7. The number of nitrogens with one attached hydrogen (secondary N) is 1. The predicted octanol–water partition coefficient (Wildman–Crippen LogP) is 4.98. The number of nitrogens with zero attached hydrogens (tertiary/aromatic N) is 3. The summed E-state index contributed by atoms with van der Waals surface area (Å²) in [6, 6.07) is 22.4. The van der Waals surface area contributed by atoms with E-state index in [4.69, 9.17) is 17.0 Å². The third kappa shape index (κ3) is 3.72. The van der Waals surface area contributed by atoms with E-state index >= 15 is 0 Å². The smallest absolute Gasteiger partial charge is 0.339 e. The van der Waals surface area contributed by atoms with Crippen molar-refractivity contribution in [2.45, 2.75) is 12.1 Å². The summed E-state index contributed by atoms with van der Waals surface area (Å²) < 4.78 is 21.9. The summed E-state index contributed by atoms with van der Waals surface area (Å²) in [4.78, 5) is 18.8. The number of pyridine rings is 1. The van der Waals surface area contributed by atoms with Gasteiger partial charge in [-0.25, -0.2) is 9.18 Å². The van der Waals surface area contributed by atoms with Crippen LogP contribution >= 0.6 is 12.2 Å². The normalized spacial score (nSPS) is 17.5. The highest BCUT2D eigenvalue weighted by Gasteiger charge is 2.43. The highest BCUT2D eigenvalue weighted by molar-refractivity contribution is 7.80. The van der Waals surface area contributed by atoms with Gasteiger partial charge in [-0.1, -0.05) is 30.3 Å². The molecular formula is C26H21FN4O2S. The molecule has 4 aromatic rings. The van der Waals surface area contributed by atoms with Crippen LogP contribution in [0.2, 0.25) is 0 Å². The largest absolute Gasteiger partial charge is 0.465 e. The first-order valence-corrected chi connectivity index (χ1v) is 11.1. The highest BCUT2D eigenvalue weighted by atomic mass is 32.1. The lowest BCUT2D eigenvalue weighted by molar-refractivity contribution is 0.0600. The monoisotopic (exact) mass is 472 g/mol. The van der Waals surface area contributed by atoms with Gasteiger partial charge in [0.15, 0.2) is 5.11 Å². The summed E-state index contributed by atoms with van der Waals surface area (Å²) in [6.07, 6.45) is 3.59. The lowest BCUT2D eigenvalue weighted by atomic mass is 10.0. The van der Waals surface area contributed by atoms with Gasteiger partial charge in [0.2, 0.25) is 0 Å². The second-order valence-electron chi connectivity index (χ2n) is 7.76. The van der Waals surface area contributed by atoms with E-state index in [1.54, 1.807) is 41.4 Å². The Labute approximate surface area is 201 Å². The number of halogens is 1. The van der Waals surface area contributed by atoms with Crippen molar-refractivity contribution in [3.63, 3.8) is 0 Å². The Balaban J connectivity index is 1.71. The van der Waals surface area contributed by atoms with E-state index in [1.165, 1.54) is 13.2 Å². The Kier molecular flexibility index (Phi) is 5.81. The lowest BCUT2D eigenvalue weighted by Crippen LogP contribution is -2.31. The van der Waals surface area contributed by atoms with E-state index < -0.39 is 12.0 Å². The van der Waals surface area contributed by atoms with Crippen LogP contribution in [-0.4, -0.2) is 27.7 Å². The molecule has 0 aliphatic carbocycles. The molecule has 2 aromatic heterocycles. The molecule has 0 spiro atoms. The number of hydrogen-bond acceptors (Lipinski definition) is 4. The summed E-state index contributed by atoms with van der Waals surface area (Å²) in [5.74, 6) is -0.825. The molecule has 2 aromatic carbocycles. The van der Waals surface area contributed by atoms with Gasteiger partial charge in [0.1, 0.15) is 11.9 Å². The van der Waals surface area contributed by atoms with Crippen LogP contribution in [0.1, 0.15) is 33.8 Å². The number of aromatic nitrogens is 2. The number of anilines is 1. The van der Waals surface area contributed by atoms with Crippen LogP contribution < -0.4 is 10.2 Å². The van der Waals surface area contributed by atoms with E-state index in [2.05, 4.69) is 10.3 Å². The maximum Gasteiger partial charge on any atom is 0.339 e. The Hall–Kier alpha value is -4.04. The van der Waals surface area contributed by atoms with Crippen molar-refractivity contribution < 1.29 is 13.9 Å². The third-order valence-electron chi connectivity index (χ3n) is 5.86. The van der Waals surface area contributed by atoms with Crippen molar-refractivity contribution in [2.24, 2.45) is 0 Å². The number of carbonyl (C=O) groups is 1. The van der Waals surface area contributed by atoms with Crippen molar-refractivity contribution in [3.05, 3.63) is 114 Å². The van der Waals surface area contributed by atoms with Crippen molar-refractivity contribution >= 4 is 29.0 Å². The predicted molar refractivity (Wildman–Crippen MR) is 131 cm³/mol. The molecule has 0 saturated carbocycles.